The molecule has 3 rings (SSSR count). The zero-order valence-corrected chi connectivity index (χ0v) is 9.76. The predicted molar refractivity (Wildman–Crippen MR) is 64.1 cm³/mol. The van der Waals surface area contributed by atoms with E-state index in [1.54, 1.807) is 0 Å². The molecule has 3 aromatic rings. The molecule has 1 nitrogen and oxygen atoms in total. The van der Waals surface area contributed by atoms with E-state index in [0.29, 0.717) is 14.7 Å². The van der Waals surface area contributed by atoms with Crippen LogP contribution in [0.2, 0.25) is 0 Å². The number of nitrogens with zero attached hydrogens (tertiary/aromatic N) is 1. The van der Waals surface area contributed by atoms with Crippen molar-refractivity contribution in [1.82, 2.24) is 3.98 Å². The summed E-state index contributed by atoms with van der Waals surface area (Å²) in [4.78, 5) is 2.16. The summed E-state index contributed by atoms with van der Waals surface area (Å²) in [6.07, 6.45) is 0. The van der Waals surface area contributed by atoms with Crippen LogP contribution in [-0.2, 0) is 0 Å². The molecule has 15 heavy (non-hydrogen) atoms. The Hall–Kier alpha value is -1.37. The van der Waals surface area contributed by atoms with Crippen molar-refractivity contribution in [2.45, 2.75) is 0 Å². The third kappa shape index (κ3) is 1.52. The summed E-state index contributed by atoms with van der Waals surface area (Å²) in [6, 6.07) is 17.0. The Morgan fingerprint density at radius 1 is 0.867 bits per heavy atom. The molecule has 0 radical (unpaired) electrons. The van der Waals surface area contributed by atoms with Gasteiger partial charge in [0.15, 0.2) is 0 Å². The Kier molecular flexibility index (Phi) is 2.17. The van der Waals surface area contributed by atoms with Gasteiger partial charge in [0, 0.05) is 0 Å². The maximum absolute atomic E-state index is 4.52. The first-order valence-corrected chi connectivity index (χ1v) is 6.59. The zero-order chi connectivity index (χ0) is 10.1. The second-order valence-electron chi connectivity index (χ2n) is 3.41. The van der Waals surface area contributed by atoms with Crippen LogP contribution in [-0.4, -0.2) is 18.7 Å². The molecule has 0 N–H and O–H groups in total. The zero-order valence-electron chi connectivity index (χ0n) is 8.05. The molecule has 0 aliphatic carbocycles. The molecule has 1 aromatic heterocycles. The Bertz CT molecular complexity index is 579. The number of fused-ring (bicyclic) bond motifs is 1. The van der Waals surface area contributed by atoms with Crippen LogP contribution >= 0.6 is 0 Å². The Morgan fingerprint density at radius 2 is 1.73 bits per heavy atom. The number of rotatable bonds is 1. The van der Waals surface area contributed by atoms with E-state index in [0.717, 1.165) is 5.69 Å². The third-order valence-electron chi connectivity index (χ3n) is 2.50. The van der Waals surface area contributed by atoms with Gasteiger partial charge in [0.2, 0.25) is 0 Å². The van der Waals surface area contributed by atoms with E-state index in [1.165, 1.54) is 16.3 Å². The van der Waals surface area contributed by atoms with Gasteiger partial charge >= 0.3 is 94.2 Å². The molecule has 72 valence electrons. The van der Waals surface area contributed by atoms with Crippen LogP contribution in [0.4, 0.5) is 0 Å². The van der Waals surface area contributed by atoms with E-state index < -0.39 is 0 Å². The molecule has 0 saturated heterocycles. The van der Waals surface area contributed by atoms with Crippen LogP contribution in [0.25, 0.3) is 22.0 Å². The first-order chi connectivity index (χ1) is 7.45. The topological polar surface area (TPSA) is 12.9 Å². The average Bonchev–Trinajstić information content (AvgIpc) is 2.82. The van der Waals surface area contributed by atoms with Crippen molar-refractivity contribution in [3.8, 4) is 11.3 Å². The minimum atomic E-state index is 0.312. The molecule has 0 saturated carbocycles. The summed E-state index contributed by atoms with van der Waals surface area (Å²) < 4.78 is 4.52. The van der Waals surface area contributed by atoms with Crippen LogP contribution < -0.4 is 0 Å². The molecule has 0 bridgehead atoms. The molecule has 0 fully saturated rings. The summed E-state index contributed by atoms with van der Waals surface area (Å²) in [5.41, 5.74) is 2.38. The fraction of sp³-hybridized carbons (Fsp3) is 0. The second kappa shape index (κ2) is 3.65. The SMILES string of the molecule is c1ccc2c(-c3cc[se]n3)cccc2c1. The fourth-order valence-electron chi connectivity index (χ4n) is 1.80. The molecule has 0 atom stereocenters. The van der Waals surface area contributed by atoms with Gasteiger partial charge < -0.3 is 0 Å². The first kappa shape index (κ1) is 8.90. The van der Waals surface area contributed by atoms with Gasteiger partial charge in [-0.2, -0.15) is 0 Å². The van der Waals surface area contributed by atoms with E-state index in [1.807, 2.05) is 0 Å². The van der Waals surface area contributed by atoms with E-state index in [-0.39, 0.29) is 0 Å². The van der Waals surface area contributed by atoms with Crippen LogP contribution in [0.1, 0.15) is 0 Å². The molecule has 1 heterocycles. The van der Waals surface area contributed by atoms with Gasteiger partial charge in [-0.25, -0.2) is 0 Å². The third-order valence-corrected chi connectivity index (χ3v) is 3.68. The van der Waals surface area contributed by atoms with Gasteiger partial charge in [-0.05, 0) is 0 Å². The van der Waals surface area contributed by atoms with E-state index in [4.69, 9.17) is 0 Å². The van der Waals surface area contributed by atoms with E-state index in [2.05, 4.69) is 57.5 Å². The Labute approximate surface area is 94.4 Å². The minimum absolute atomic E-state index is 0.312. The van der Waals surface area contributed by atoms with Gasteiger partial charge in [0.1, 0.15) is 0 Å². The number of hydrogen-bond acceptors (Lipinski definition) is 1. The molecule has 0 spiro atoms. The Balaban J connectivity index is 2.36. The average molecular weight is 258 g/mol. The van der Waals surface area contributed by atoms with E-state index in [9.17, 15) is 0 Å². The first-order valence-electron chi connectivity index (χ1n) is 4.84. The van der Waals surface area contributed by atoms with Crippen molar-refractivity contribution in [2.75, 3.05) is 0 Å². The summed E-state index contributed by atoms with van der Waals surface area (Å²) in [5.74, 6) is 0. The molecule has 0 unspecified atom stereocenters. The van der Waals surface area contributed by atoms with Gasteiger partial charge in [0.25, 0.3) is 0 Å². The van der Waals surface area contributed by atoms with Crippen LogP contribution in [0.15, 0.2) is 53.5 Å². The summed E-state index contributed by atoms with van der Waals surface area (Å²) in [5, 5.41) is 2.58. The molecular formula is C13H9NSe. The molecule has 2 heteroatoms. The second-order valence-corrected chi connectivity index (χ2v) is 4.81. The molecule has 0 amide bonds. The van der Waals surface area contributed by atoms with Crippen molar-refractivity contribution in [3.05, 3.63) is 53.5 Å². The van der Waals surface area contributed by atoms with Crippen LogP contribution in [0.3, 0.4) is 0 Å². The summed E-state index contributed by atoms with van der Waals surface area (Å²) in [7, 11) is 0. The van der Waals surface area contributed by atoms with Gasteiger partial charge in [-0.15, -0.1) is 0 Å². The number of hydrogen-bond donors (Lipinski definition) is 0. The van der Waals surface area contributed by atoms with Gasteiger partial charge in [-0.3, -0.25) is 0 Å². The summed E-state index contributed by atoms with van der Waals surface area (Å²) in [6.45, 7) is 0. The van der Waals surface area contributed by atoms with Crippen molar-refractivity contribution in [3.63, 3.8) is 0 Å². The predicted octanol–water partition coefficient (Wildman–Crippen LogP) is 2.96. The van der Waals surface area contributed by atoms with Gasteiger partial charge in [0.05, 0.1) is 0 Å². The van der Waals surface area contributed by atoms with Crippen molar-refractivity contribution >= 4 is 25.5 Å². The number of benzene rings is 2. The number of aromatic nitrogens is 1. The van der Waals surface area contributed by atoms with Crippen LogP contribution in [0, 0.1) is 0 Å². The molecular weight excluding hydrogens is 249 g/mol. The fourth-order valence-corrected chi connectivity index (χ4v) is 2.90. The monoisotopic (exact) mass is 259 g/mol. The molecule has 0 aliphatic heterocycles. The normalized spacial score (nSPS) is 10.7. The van der Waals surface area contributed by atoms with E-state index >= 15 is 0 Å². The standard InChI is InChI=1S/C13H9NSe/c1-2-6-11-10(4-1)5-3-7-12(11)13-8-9-15-14-13/h1-9H. The van der Waals surface area contributed by atoms with Crippen molar-refractivity contribution in [2.24, 2.45) is 0 Å². The van der Waals surface area contributed by atoms with Gasteiger partial charge in [-0.1, -0.05) is 0 Å². The summed E-state index contributed by atoms with van der Waals surface area (Å²) >= 11 is 0.312. The van der Waals surface area contributed by atoms with Crippen molar-refractivity contribution < 1.29 is 0 Å². The van der Waals surface area contributed by atoms with Crippen molar-refractivity contribution in [1.29, 1.82) is 0 Å². The van der Waals surface area contributed by atoms with Crippen LogP contribution in [0.5, 0.6) is 0 Å². The molecule has 0 aliphatic rings. The Morgan fingerprint density at radius 3 is 2.60 bits per heavy atom. The maximum atomic E-state index is 4.52. The quantitative estimate of drug-likeness (QED) is 0.611. The molecule has 2 aromatic carbocycles.